The summed E-state index contributed by atoms with van der Waals surface area (Å²) < 4.78 is 10.6. The molecule has 0 atom stereocenters. The molecule has 2 aromatic carbocycles. The van der Waals surface area contributed by atoms with E-state index in [1.165, 1.54) is 0 Å². The second-order valence-electron chi connectivity index (χ2n) is 7.51. The van der Waals surface area contributed by atoms with Crippen LogP contribution in [0.25, 0.3) is 0 Å². The van der Waals surface area contributed by atoms with E-state index in [4.69, 9.17) is 4.74 Å². The molecule has 0 saturated heterocycles. The quantitative estimate of drug-likeness (QED) is 0.143. The minimum atomic E-state index is 0. The Labute approximate surface area is 279 Å². The van der Waals surface area contributed by atoms with E-state index >= 15 is 0 Å². The molecule has 0 amide bonds. The Morgan fingerprint density at radius 3 is 1.57 bits per heavy atom. The first-order chi connectivity index (χ1) is 16.0. The second kappa shape index (κ2) is 15.1. The van der Waals surface area contributed by atoms with Crippen LogP contribution in [-0.4, -0.2) is 40.2 Å². The van der Waals surface area contributed by atoms with Crippen LogP contribution in [0.2, 0.25) is 0 Å². The summed E-state index contributed by atoms with van der Waals surface area (Å²) in [6.07, 6.45) is 5.27. The topological polar surface area (TPSA) is 111 Å². The SMILES string of the molecule is Oc1ccc(CCn2cc(COCc3cn(CCc4ccc(O)c(Br)c4)nn3)nn2)cc1Br.[I-].[K+]. The van der Waals surface area contributed by atoms with Crippen LogP contribution in [0.1, 0.15) is 22.5 Å². The average molecular weight is 744 g/mol. The van der Waals surface area contributed by atoms with Crippen LogP contribution in [0, 0.1) is 0 Å². The summed E-state index contributed by atoms with van der Waals surface area (Å²) in [5, 5.41) is 35.7. The van der Waals surface area contributed by atoms with Crippen molar-refractivity contribution in [3.63, 3.8) is 0 Å². The number of phenols is 2. The van der Waals surface area contributed by atoms with Crippen LogP contribution >= 0.6 is 31.9 Å². The third kappa shape index (κ3) is 9.45. The van der Waals surface area contributed by atoms with E-state index in [1.54, 1.807) is 21.5 Å². The molecule has 2 aromatic heterocycles. The summed E-state index contributed by atoms with van der Waals surface area (Å²) in [5.74, 6) is 0.453. The second-order valence-corrected chi connectivity index (χ2v) is 9.22. The van der Waals surface area contributed by atoms with E-state index in [0.717, 1.165) is 35.4 Å². The molecule has 9 nitrogen and oxygen atoms in total. The van der Waals surface area contributed by atoms with Crippen molar-refractivity contribution < 1.29 is 90.3 Å². The van der Waals surface area contributed by atoms with E-state index in [1.807, 2.05) is 36.7 Å². The van der Waals surface area contributed by atoms with Gasteiger partial charge in [-0.15, -0.1) is 10.2 Å². The summed E-state index contributed by atoms with van der Waals surface area (Å²) in [6, 6.07) is 10.9. The smallest absolute Gasteiger partial charge is 1.00 e. The molecule has 0 radical (unpaired) electrons. The van der Waals surface area contributed by atoms with Crippen LogP contribution in [0.4, 0.5) is 0 Å². The van der Waals surface area contributed by atoms with Gasteiger partial charge in [-0.25, -0.2) is 0 Å². The van der Waals surface area contributed by atoms with E-state index in [2.05, 4.69) is 52.5 Å². The summed E-state index contributed by atoms with van der Waals surface area (Å²) in [7, 11) is 0. The number of benzene rings is 2. The molecule has 2 N–H and O–H groups in total. The van der Waals surface area contributed by atoms with Gasteiger partial charge in [0.2, 0.25) is 0 Å². The number of hydrogen-bond acceptors (Lipinski definition) is 7. The van der Waals surface area contributed by atoms with Gasteiger partial charge in [-0.05, 0) is 80.1 Å². The van der Waals surface area contributed by atoms with Crippen molar-refractivity contribution in [2.75, 3.05) is 0 Å². The zero-order chi connectivity index (χ0) is 23.2. The predicted octanol–water partition coefficient (Wildman–Crippen LogP) is -1.98. The van der Waals surface area contributed by atoms with Crippen molar-refractivity contribution in [3.05, 3.63) is 80.3 Å². The van der Waals surface area contributed by atoms with E-state index in [0.29, 0.717) is 35.2 Å². The summed E-state index contributed by atoms with van der Waals surface area (Å²) >= 11 is 6.65. The van der Waals surface area contributed by atoms with Gasteiger partial charge in [0.25, 0.3) is 0 Å². The molecule has 0 aliphatic rings. The first-order valence-electron chi connectivity index (χ1n) is 10.3. The maximum Gasteiger partial charge on any atom is 1.00 e. The molecule has 4 rings (SSSR count). The number of nitrogens with zero attached hydrogens (tertiary/aromatic N) is 6. The molecule has 0 aliphatic heterocycles. The zero-order valence-corrected chi connectivity index (χ0v) is 27.4. The van der Waals surface area contributed by atoms with Crippen molar-refractivity contribution >= 4 is 31.9 Å². The third-order valence-corrected chi connectivity index (χ3v) is 6.23. The molecule has 0 unspecified atom stereocenters. The molecule has 4 aromatic rings. The standard InChI is InChI=1S/C22H22Br2N6O3.HI.K/c23-19-9-15(1-3-21(19)31)5-7-29-11-17(25-27-29)13-33-14-18-12-30(28-26-18)8-6-16-2-4-22(32)20(24)10-16;;/h1-4,9-12,31-32H,5-8,13-14H2;1H;/q;;+1/p-1. The maximum atomic E-state index is 9.58. The number of ether oxygens (including phenoxy) is 1. The van der Waals surface area contributed by atoms with E-state index in [-0.39, 0.29) is 86.9 Å². The van der Waals surface area contributed by atoms with Gasteiger partial charge in [0.05, 0.1) is 34.6 Å². The van der Waals surface area contributed by atoms with Gasteiger partial charge < -0.3 is 38.9 Å². The van der Waals surface area contributed by atoms with Gasteiger partial charge in [0.15, 0.2) is 0 Å². The largest absolute Gasteiger partial charge is 1.00 e. The van der Waals surface area contributed by atoms with Crippen LogP contribution in [0.5, 0.6) is 11.5 Å². The Kier molecular flexibility index (Phi) is 13.3. The fourth-order valence-electron chi connectivity index (χ4n) is 3.19. The zero-order valence-electron chi connectivity index (χ0n) is 19.0. The summed E-state index contributed by atoms with van der Waals surface area (Å²) in [4.78, 5) is 0. The number of phenolic OH excluding ortho intramolecular Hbond substituents is 2. The number of rotatable bonds is 10. The van der Waals surface area contributed by atoms with Crippen LogP contribution in [-0.2, 0) is 43.9 Å². The number of halogens is 3. The third-order valence-electron chi connectivity index (χ3n) is 4.96. The molecule has 0 aliphatic carbocycles. The number of aromatic nitrogens is 6. The Bertz CT molecular complexity index is 1150. The predicted molar refractivity (Wildman–Crippen MR) is 128 cm³/mol. The number of aromatic hydroxyl groups is 2. The van der Waals surface area contributed by atoms with Gasteiger partial charge in [-0.1, -0.05) is 22.6 Å². The maximum absolute atomic E-state index is 9.58. The summed E-state index contributed by atoms with van der Waals surface area (Å²) in [5.41, 5.74) is 3.67. The van der Waals surface area contributed by atoms with Gasteiger partial charge in [-0.3, -0.25) is 9.36 Å². The molecule has 180 valence electrons. The fraction of sp³-hybridized carbons (Fsp3) is 0.273. The van der Waals surface area contributed by atoms with Crippen molar-refractivity contribution in [2.45, 2.75) is 39.1 Å². The normalized spacial score (nSPS) is 10.6. The van der Waals surface area contributed by atoms with Crippen molar-refractivity contribution in [1.29, 1.82) is 0 Å². The number of hydrogen-bond donors (Lipinski definition) is 2. The minimum Gasteiger partial charge on any atom is -1.00 e. The molecule has 2 heterocycles. The molecule has 0 fully saturated rings. The van der Waals surface area contributed by atoms with Crippen molar-refractivity contribution in [2.24, 2.45) is 0 Å². The van der Waals surface area contributed by atoms with Crippen LogP contribution in [0.3, 0.4) is 0 Å². The van der Waals surface area contributed by atoms with E-state index in [9.17, 15) is 10.2 Å². The van der Waals surface area contributed by atoms with Gasteiger partial charge >= 0.3 is 51.4 Å². The van der Waals surface area contributed by atoms with Gasteiger partial charge in [0, 0.05) is 13.1 Å². The molecule has 35 heavy (non-hydrogen) atoms. The number of aryl methyl sites for hydroxylation is 4. The van der Waals surface area contributed by atoms with Crippen LogP contribution < -0.4 is 75.4 Å². The molecule has 0 saturated carbocycles. The van der Waals surface area contributed by atoms with Gasteiger partial charge in [0.1, 0.15) is 22.9 Å². The Balaban J connectivity index is 0.00000216. The van der Waals surface area contributed by atoms with Crippen LogP contribution in [0.15, 0.2) is 57.7 Å². The van der Waals surface area contributed by atoms with Crippen molar-refractivity contribution in [3.8, 4) is 11.5 Å². The molecule has 0 bridgehead atoms. The average Bonchev–Trinajstić information content (AvgIpc) is 3.45. The van der Waals surface area contributed by atoms with E-state index < -0.39 is 0 Å². The van der Waals surface area contributed by atoms with Gasteiger partial charge in [-0.2, -0.15) is 0 Å². The molecular formula is C22H22Br2IKN6O3. The first-order valence-corrected chi connectivity index (χ1v) is 11.9. The minimum absolute atomic E-state index is 0. The monoisotopic (exact) mass is 742 g/mol. The first kappa shape index (κ1) is 30.8. The molecule has 13 heteroatoms. The Hall–Kier alpha value is -0.394. The molecule has 0 spiro atoms. The molecular weight excluding hydrogens is 722 g/mol. The van der Waals surface area contributed by atoms with Crippen molar-refractivity contribution in [1.82, 2.24) is 30.0 Å². The Morgan fingerprint density at radius 1 is 0.743 bits per heavy atom. The summed E-state index contributed by atoms with van der Waals surface area (Å²) in [6.45, 7) is 2.02. The fourth-order valence-corrected chi connectivity index (χ4v) is 4.04. The Morgan fingerprint density at radius 2 is 1.17 bits per heavy atom.